The van der Waals surface area contributed by atoms with Gasteiger partial charge in [-0.15, -0.1) is 0 Å². The second-order valence-electron chi connectivity index (χ2n) is 4.04. The van der Waals surface area contributed by atoms with E-state index in [9.17, 15) is 4.79 Å². The number of nitrogens with two attached hydrogens (primary N) is 2. The maximum absolute atomic E-state index is 11.0. The largest absolute Gasteiger partial charge is 0.397 e. The number of nitrogens with zero attached hydrogens (tertiary/aromatic N) is 1. The Labute approximate surface area is 105 Å². The van der Waals surface area contributed by atoms with Gasteiger partial charge in [0, 0.05) is 11.8 Å². The van der Waals surface area contributed by atoms with Crippen LogP contribution in [0.1, 0.15) is 15.9 Å². The summed E-state index contributed by atoms with van der Waals surface area (Å²) < 4.78 is 0. The molecule has 5 N–H and O–H groups in total. The summed E-state index contributed by atoms with van der Waals surface area (Å²) in [5.41, 5.74) is 14.5. The molecule has 0 aliphatic heterocycles. The Morgan fingerprint density at radius 2 is 2.06 bits per heavy atom. The minimum atomic E-state index is -0.495. The van der Waals surface area contributed by atoms with Crippen molar-refractivity contribution in [3.8, 4) is 0 Å². The van der Waals surface area contributed by atoms with Gasteiger partial charge in [-0.05, 0) is 36.8 Å². The zero-order valence-corrected chi connectivity index (χ0v) is 9.97. The Kier molecular flexibility index (Phi) is 3.14. The van der Waals surface area contributed by atoms with Crippen molar-refractivity contribution in [1.29, 1.82) is 0 Å². The molecule has 0 radical (unpaired) electrons. The maximum Gasteiger partial charge on any atom is 0.248 e. The molecule has 0 atom stereocenters. The van der Waals surface area contributed by atoms with E-state index in [4.69, 9.17) is 11.5 Å². The van der Waals surface area contributed by atoms with Crippen LogP contribution >= 0.6 is 0 Å². The molecule has 0 aliphatic rings. The van der Waals surface area contributed by atoms with Crippen LogP contribution in [0.5, 0.6) is 0 Å². The number of hydrogen-bond donors (Lipinski definition) is 3. The number of aromatic nitrogens is 1. The Bertz CT molecular complexity index is 595. The lowest BCUT2D eigenvalue weighted by atomic mass is 10.1. The molecule has 1 amide bonds. The molecular formula is C13H14N4O. The van der Waals surface area contributed by atoms with Gasteiger partial charge >= 0.3 is 0 Å². The van der Waals surface area contributed by atoms with Crippen LogP contribution < -0.4 is 16.8 Å². The third kappa shape index (κ3) is 2.57. The van der Waals surface area contributed by atoms with E-state index in [0.29, 0.717) is 16.9 Å². The van der Waals surface area contributed by atoms with Crippen LogP contribution in [0.15, 0.2) is 36.7 Å². The fourth-order valence-corrected chi connectivity index (χ4v) is 1.61. The first-order valence-electron chi connectivity index (χ1n) is 5.44. The summed E-state index contributed by atoms with van der Waals surface area (Å²) in [5, 5.41) is 3.14. The second-order valence-corrected chi connectivity index (χ2v) is 4.04. The average Bonchev–Trinajstić information content (AvgIpc) is 2.31. The van der Waals surface area contributed by atoms with Crippen molar-refractivity contribution in [2.45, 2.75) is 6.92 Å². The molecule has 2 rings (SSSR count). The summed E-state index contributed by atoms with van der Waals surface area (Å²) in [5.74, 6) is -0.495. The number of nitrogens with one attached hydrogen (secondary N) is 1. The summed E-state index contributed by atoms with van der Waals surface area (Å²) >= 11 is 0. The highest BCUT2D eigenvalue weighted by atomic mass is 16.1. The lowest BCUT2D eigenvalue weighted by Crippen LogP contribution is -2.11. The number of benzene rings is 1. The molecule has 0 bridgehead atoms. The summed E-state index contributed by atoms with van der Waals surface area (Å²) in [6.45, 7) is 1.96. The summed E-state index contributed by atoms with van der Waals surface area (Å²) in [4.78, 5) is 15.1. The van der Waals surface area contributed by atoms with Gasteiger partial charge in [0.25, 0.3) is 0 Å². The molecule has 2 aromatic rings. The van der Waals surface area contributed by atoms with E-state index in [1.165, 1.54) is 0 Å². The fraction of sp³-hybridized carbons (Fsp3) is 0.0769. The number of rotatable bonds is 3. The number of amides is 1. The van der Waals surface area contributed by atoms with Gasteiger partial charge in [0.15, 0.2) is 0 Å². The van der Waals surface area contributed by atoms with Crippen LogP contribution in [0.4, 0.5) is 17.1 Å². The first kappa shape index (κ1) is 11.9. The Hall–Kier alpha value is -2.56. The van der Waals surface area contributed by atoms with Crippen LogP contribution in [0.2, 0.25) is 0 Å². The molecule has 0 saturated carbocycles. The van der Waals surface area contributed by atoms with Gasteiger partial charge in [-0.2, -0.15) is 0 Å². The molecule has 1 aromatic carbocycles. The Morgan fingerprint density at radius 1 is 1.28 bits per heavy atom. The number of pyridine rings is 1. The van der Waals surface area contributed by atoms with E-state index in [1.807, 2.05) is 13.0 Å². The number of anilines is 3. The third-order valence-corrected chi connectivity index (χ3v) is 2.49. The molecular weight excluding hydrogens is 228 g/mol. The van der Waals surface area contributed by atoms with Crippen molar-refractivity contribution < 1.29 is 4.79 Å². The van der Waals surface area contributed by atoms with E-state index in [-0.39, 0.29) is 0 Å². The van der Waals surface area contributed by atoms with Crippen LogP contribution in [0.3, 0.4) is 0 Å². The molecule has 1 heterocycles. The van der Waals surface area contributed by atoms with Crippen molar-refractivity contribution in [1.82, 2.24) is 4.98 Å². The van der Waals surface area contributed by atoms with E-state index in [0.717, 1.165) is 11.3 Å². The van der Waals surface area contributed by atoms with Gasteiger partial charge in [-0.25, -0.2) is 0 Å². The van der Waals surface area contributed by atoms with E-state index < -0.39 is 5.91 Å². The highest BCUT2D eigenvalue weighted by Crippen LogP contribution is 2.24. The summed E-state index contributed by atoms with van der Waals surface area (Å²) in [7, 11) is 0. The van der Waals surface area contributed by atoms with E-state index >= 15 is 0 Å². The molecule has 92 valence electrons. The van der Waals surface area contributed by atoms with Crippen molar-refractivity contribution in [3.05, 3.63) is 47.8 Å². The molecule has 5 heteroatoms. The average molecular weight is 242 g/mol. The highest BCUT2D eigenvalue weighted by molar-refractivity contribution is 5.95. The Balaban J connectivity index is 2.27. The van der Waals surface area contributed by atoms with Gasteiger partial charge < -0.3 is 16.8 Å². The van der Waals surface area contributed by atoms with Crippen LogP contribution in [-0.2, 0) is 0 Å². The normalized spacial score (nSPS) is 10.1. The smallest absolute Gasteiger partial charge is 0.248 e. The lowest BCUT2D eigenvalue weighted by molar-refractivity contribution is 0.100. The van der Waals surface area contributed by atoms with E-state index in [1.54, 1.807) is 30.6 Å². The lowest BCUT2D eigenvalue weighted by Gasteiger charge is -2.10. The summed E-state index contributed by atoms with van der Waals surface area (Å²) in [6.07, 6.45) is 3.47. The van der Waals surface area contributed by atoms with Gasteiger partial charge in [0.2, 0.25) is 5.91 Å². The topological polar surface area (TPSA) is 94.0 Å². The van der Waals surface area contributed by atoms with Gasteiger partial charge in [0.1, 0.15) is 0 Å². The van der Waals surface area contributed by atoms with Crippen molar-refractivity contribution >= 4 is 23.0 Å². The molecule has 0 aliphatic carbocycles. The number of carbonyl (C=O) groups is 1. The van der Waals surface area contributed by atoms with Gasteiger partial charge in [-0.1, -0.05) is 0 Å². The minimum absolute atomic E-state index is 0.389. The molecule has 0 unspecified atom stereocenters. The number of primary amides is 1. The third-order valence-electron chi connectivity index (χ3n) is 2.49. The van der Waals surface area contributed by atoms with Crippen LogP contribution in [-0.4, -0.2) is 10.9 Å². The fourth-order valence-electron chi connectivity index (χ4n) is 1.61. The molecule has 0 fully saturated rings. The first-order valence-corrected chi connectivity index (χ1v) is 5.44. The van der Waals surface area contributed by atoms with Gasteiger partial charge in [-0.3, -0.25) is 9.78 Å². The van der Waals surface area contributed by atoms with Crippen molar-refractivity contribution in [3.63, 3.8) is 0 Å². The molecule has 18 heavy (non-hydrogen) atoms. The predicted molar refractivity (Wildman–Crippen MR) is 71.6 cm³/mol. The summed E-state index contributed by atoms with van der Waals surface area (Å²) in [6, 6.07) is 6.85. The zero-order chi connectivity index (χ0) is 13.1. The number of hydrogen-bond acceptors (Lipinski definition) is 4. The molecule has 0 spiro atoms. The molecule has 0 saturated heterocycles. The van der Waals surface area contributed by atoms with Crippen LogP contribution in [0, 0.1) is 6.92 Å². The van der Waals surface area contributed by atoms with Crippen LogP contribution in [0.25, 0.3) is 0 Å². The molecule has 5 nitrogen and oxygen atoms in total. The second kappa shape index (κ2) is 4.75. The highest BCUT2D eigenvalue weighted by Gasteiger charge is 2.05. The quantitative estimate of drug-likeness (QED) is 0.715. The maximum atomic E-state index is 11.0. The number of aryl methyl sites for hydroxylation is 1. The van der Waals surface area contributed by atoms with Crippen molar-refractivity contribution in [2.75, 3.05) is 11.1 Å². The molecule has 1 aromatic heterocycles. The van der Waals surface area contributed by atoms with Crippen molar-refractivity contribution in [2.24, 2.45) is 5.73 Å². The number of carbonyl (C=O) groups excluding carboxylic acids is 1. The zero-order valence-electron chi connectivity index (χ0n) is 9.97. The number of nitrogen functional groups attached to an aromatic ring is 1. The van der Waals surface area contributed by atoms with E-state index in [2.05, 4.69) is 10.3 Å². The standard InChI is InChI=1S/C13H14N4O/c1-8-4-10(7-16-6-8)17-12-3-2-9(13(15)18)5-11(12)14/h2-7,17H,14H2,1H3,(H2,15,18). The Morgan fingerprint density at radius 3 is 2.67 bits per heavy atom. The van der Waals surface area contributed by atoms with Gasteiger partial charge in [0.05, 0.1) is 23.3 Å². The first-order chi connectivity index (χ1) is 8.56. The monoisotopic (exact) mass is 242 g/mol. The predicted octanol–water partition coefficient (Wildman–Crippen LogP) is 1.81. The SMILES string of the molecule is Cc1cncc(Nc2ccc(C(N)=O)cc2N)c1. The minimum Gasteiger partial charge on any atom is -0.397 e.